The summed E-state index contributed by atoms with van der Waals surface area (Å²) in [6.45, 7) is 0. The van der Waals surface area contributed by atoms with Crippen LogP contribution in [0.15, 0.2) is 65.6 Å². The van der Waals surface area contributed by atoms with E-state index in [2.05, 4.69) is 12.2 Å². The summed E-state index contributed by atoms with van der Waals surface area (Å²) in [6, 6.07) is 15.1. The van der Waals surface area contributed by atoms with Gasteiger partial charge in [-0.1, -0.05) is 48.0 Å². The summed E-state index contributed by atoms with van der Waals surface area (Å²) < 4.78 is 23.2. The minimum Gasteiger partial charge on any atom is -0.224 e. The lowest BCUT2D eigenvalue weighted by atomic mass is 9.74. The van der Waals surface area contributed by atoms with Crippen LogP contribution in [0.5, 0.6) is 0 Å². The van der Waals surface area contributed by atoms with E-state index in [0.717, 1.165) is 18.4 Å². The van der Waals surface area contributed by atoms with Crippen LogP contribution in [0, 0.1) is 0 Å². The fraction of sp³-hybridized carbons (Fsp3) is 0.222. The Hall–Kier alpha value is -1.58. The predicted molar refractivity (Wildman–Crippen MR) is 90.2 cm³/mol. The van der Waals surface area contributed by atoms with E-state index >= 15 is 0 Å². The van der Waals surface area contributed by atoms with Crippen LogP contribution in [0.2, 0.25) is 5.02 Å². The Morgan fingerprint density at radius 1 is 0.955 bits per heavy atom. The topological polar surface area (TPSA) is 34.1 Å². The van der Waals surface area contributed by atoms with Crippen molar-refractivity contribution in [2.75, 3.05) is 6.26 Å². The van der Waals surface area contributed by atoms with Gasteiger partial charge in [-0.05, 0) is 48.2 Å². The summed E-state index contributed by atoms with van der Waals surface area (Å²) >= 11 is 6.00. The fourth-order valence-corrected chi connectivity index (χ4v) is 3.83. The lowest BCUT2D eigenvalue weighted by Crippen LogP contribution is -2.22. The number of benzene rings is 2. The van der Waals surface area contributed by atoms with E-state index in [-0.39, 0.29) is 5.41 Å². The molecule has 0 amide bonds. The minimum atomic E-state index is -3.17. The van der Waals surface area contributed by atoms with Gasteiger partial charge in [-0.2, -0.15) is 0 Å². The lowest BCUT2D eigenvalue weighted by molar-refractivity contribution is 0.601. The van der Waals surface area contributed by atoms with E-state index in [1.165, 1.54) is 11.8 Å². The van der Waals surface area contributed by atoms with Crippen molar-refractivity contribution in [3.8, 4) is 0 Å². The number of allylic oxidation sites excluding steroid dienone is 2. The van der Waals surface area contributed by atoms with E-state index in [4.69, 9.17) is 11.6 Å². The normalized spacial score (nSPS) is 21.2. The lowest BCUT2D eigenvalue weighted by Gasteiger charge is -2.29. The summed E-state index contributed by atoms with van der Waals surface area (Å²) in [5.41, 5.74) is 2.09. The zero-order chi connectivity index (χ0) is 15.8. The number of sulfone groups is 1. The van der Waals surface area contributed by atoms with Crippen molar-refractivity contribution >= 4 is 21.4 Å². The van der Waals surface area contributed by atoms with Crippen LogP contribution >= 0.6 is 11.6 Å². The molecule has 1 atom stereocenters. The Kier molecular flexibility index (Phi) is 3.87. The number of hydrogen-bond donors (Lipinski definition) is 0. The second-order valence-electron chi connectivity index (χ2n) is 5.72. The summed E-state index contributed by atoms with van der Waals surface area (Å²) in [5, 5.41) is 0.716. The van der Waals surface area contributed by atoms with Crippen LogP contribution < -0.4 is 0 Å². The van der Waals surface area contributed by atoms with Crippen LogP contribution in [0.25, 0.3) is 0 Å². The third-order valence-corrected chi connectivity index (χ3v) is 5.65. The van der Waals surface area contributed by atoms with E-state index in [1.807, 2.05) is 36.4 Å². The SMILES string of the molecule is CS(=O)(=O)c1ccc(C2(c3ccc(Cl)cc3)C=CCC2)cc1. The molecule has 0 fully saturated rings. The van der Waals surface area contributed by atoms with Crippen molar-refractivity contribution < 1.29 is 8.42 Å². The maximum absolute atomic E-state index is 11.6. The molecule has 2 nitrogen and oxygen atoms in total. The summed E-state index contributed by atoms with van der Waals surface area (Å²) in [7, 11) is -3.17. The monoisotopic (exact) mass is 332 g/mol. The minimum absolute atomic E-state index is 0.194. The van der Waals surface area contributed by atoms with Crippen molar-refractivity contribution in [3.63, 3.8) is 0 Å². The second kappa shape index (κ2) is 5.56. The Labute approximate surface area is 136 Å². The molecule has 0 radical (unpaired) electrons. The average molecular weight is 333 g/mol. The van der Waals surface area contributed by atoms with Gasteiger partial charge >= 0.3 is 0 Å². The van der Waals surface area contributed by atoms with Crippen molar-refractivity contribution in [2.24, 2.45) is 0 Å². The molecule has 3 rings (SSSR count). The zero-order valence-corrected chi connectivity index (χ0v) is 13.9. The molecular weight excluding hydrogens is 316 g/mol. The predicted octanol–water partition coefficient (Wildman–Crippen LogP) is 4.38. The highest BCUT2D eigenvalue weighted by Gasteiger charge is 2.33. The highest BCUT2D eigenvalue weighted by Crippen LogP contribution is 2.42. The maximum atomic E-state index is 11.6. The molecule has 0 saturated heterocycles. The Balaban J connectivity index is 2.09. The molecule has 2 aromatic carbocycles. The van der Waals surface area contributed by atoms with Crippen LogP contribution in [-0.4, -0.2) is 14.7 Å². The molecule has 0 aliphatic heterocycles. The van der Waals surface area contributed by atoms with Crippen LogP contribution in [0.1, 0.15) is 24.0 Å². The third-order valence-electron chi connectivity index (χ3n) is 4.26. The molecule has 22 heavy (non-hydrogen) atoms. The van der Waals surface area contributed by atoms with E-state index in [9.17, 15) is 8.42 Å². The van der Waals surface area contributed by atoms with Gasteiger partial charge in [-0.3, -0.25) is 0 Å². The first-order valence-electron chi connectivity index (χ1n) is 7.16. The van der Waals surface area contributed by atoms with Gasteiger partial charge in [0.2, 0.25) is 0 Å². The van der Waals surface area contributed by atoms with Crippen molar-refractivity contribution in [1.82, 2.24) is 0 Å². The smallest absolute Gasteiger partial charge is 0.175 e. The molecule has 0 aromatic heterocycles. The molecule has 2 aromatic rings. The standard InChI is InChI=1S/C18H17ClO2S/c1-22(20,21)17-10-6-15(7-11-17)18(12-2-3-13-18)14-4-8-16(19)9-5-14/h2,4-12H,3,13H2,1H3. The third kappa shape index (κ3) is 2.71. The first-order valence-corrected chi connectivity index (χ1v) is 9.43. The summed E-state index contributed by atoms with van der Waals surface area (Å²) in [6.07, 6.45) is 7.61. The van der Waals surface area contributed by atoms with Gasteiger partial charge in [0.05, 0.1) is 4.90 Å². The second-order valence-corrected chi connectivity index (χ2v) is 8.17. The molecular formula is C18H17ClO2S. The van der Waals surface area contributed by atoms with Crippen molar-refractivity contribution in [3.05, 3.63) is 76.8 Å². The Morgan fingerprint density at radius 2 is 1.50 bits per heavy atom. The van der Waals surface area contributed by atoms with E-state index in [0.29, 0.717) is 9.92 Å². The zero-order valence-electron chi connectivity index (χ0n) is 12.3. The van der Waals surface area contributed by atoms with Gasteiger partial charge in [0.15, 0.2) is 9.84 Å². The fourth-order valence-electron chi connectivity index (χ4n) is 3.07. The highest BCUT2D eigenvalue weighted by atomic mass is 35.5. The molecule has 0 spiro atoms. The molecule has 1 aliphatic rings. The van der Waals surface area contributed by atoms with E-state index in [1.54, 1.807) is 12.1 Å². The van der Waals surface area contributed by atoms with E-state index < -0.39 is 9.84 Å². The number of halogens is 1. The van der Waals surface area contributed by atoms with Crippen molar-refractivity contribution in [1.29, 1.82) is 0 Å². The van der Waals surface area contributed by atoms with Crippen LogP contribution in [-0.2, 0) is 15.3 Å². The van der Waals surface area contributed by atoms with Crippen LogP contribution in [0.4, 0.5) is 0 Å². The number of hydrogen-bond acceptors (Lipinski definition) is 2. The van der Waals surface area contributed by atoms with Crippen molar-refractivity contribution in [2.45, 2.75) is 23.2 Å². The largest absolute Gasteiger partial charge is 0.224 e. The van der Waals surface area contributed by atoms with Crippen LogP contribution in [0.3, 0.4) is 0 Å². The Morgan fingerprint density at radius 3 is 1.95 bits per heavy atom. The molecule has 1 unspecified atom stereocenters. The van der Waals surface area contributed by atoms with Gasteiger partial charge in [0, 0.05) is 16.7 Å². The maximum Gasteiger partial charge on any atom is 0.175 e. The van der Waals surface area contributed by atoms with Gasteiger partial charge in [-0.25, -0.2) is 8.42 Å². The highest BCUT2D eigenvalue weighted by molar-refractivity contribution is 7.90. The first-order chi connectivity index (χ1) is 10.4. The quantitative estimate of drug-likeness (QED) is 0.782. The molecule has 0 N–H and O–H groups in total. The molecule has 0 bridgehead atoms. The molecule has 0 heterocycles. The first kappa shape index (κ1) is 15.3. The number of rotatable bonds is 3. The molecule has 0 saturated carbocycles. The van der Waals surface area contributed by atoms with Gasteiger partial charge in [-0.15, -0.1) is 0 Å². The van der Waals surface area contributed by atoms with Gasteiger partial charge < -0.3 is 0 Å². The molecule has 114 valence electrons. The molecule has 4 heteroatoms. The summed E-state index contributed by atoms with van der Waals surface area (Å²) in [4.78, 5) is 0.351. The molecule has 1 aliphatic carbocycles. The average Bonchev–Trinajstić information content (AvgIpc) is 2.98. The van der Waals surface area contributed by atoms with Gasteiger partial charge in [0.1, 0.15) is 0 Å². The summed E-state index contributed by atoms with van der Waals surface area (Å²) in [5.74, 6) is 0. The van der Waals surface area contributed by atoms with Gasteiger partial charge in [0.25, 0.3) is 0 Å². The Bertz CT molecular complexity index is 805.